The van der Waals surface area contributed by atoms with E-state index in [1.807, 2.05) is 0 Å². The molecule has 0 spiro atoms. The van der Waals surface area contributed by atoms with E-state index in [-0.39, 0.29) is 12.1 Å². The number of carbonyl (C=O) groups is 1. The van der Waals surface area contributed by atoms with Crippen molar-refractivity contribution in [2.24, 2.45) is 0 Å². The van der Waals surface area contributed by atoms with Crippen LogP contribution >= 0.6 is 0 Å². The minimum atomic E-state index is -0.350. The monoisotopic (exact) mass is 291 g/mol. The molecule has 1 aromatic rings. The van der Waals surface area contributed by atoms with Gasteiger partial charge in [0.05, 0.1) is 13.2 Å². The molecule has 2 rings (SSSR count). The van der Waals surface area contributed by atoms with Crippen molar-refractivity contribution in [2.75, 3.05) is 25.1 Å². The minimum absolute atomic E-state index is 0.156. The van der Waals surface area contributed by atoms with Gasteiger partial charge in [0.15, 0.2) is 0 Å². The molecule has 2 N–H and O–H groups in total. The number of nitrogens with one attached hydrogen (secondary N) is 2. The number of anilines is 1. The highest BCUT2D eigenvalue weighted by Gasteiger charge is 2.25. The Labute approximate surface area is 126 Å². The summed E-state index contributed by atoms with van der Waals surface area (Å²) >= 11 is 0. The van der Waals surface area contributed by atoms with E-state index in [0.717, 1.165) is 26.1 Å². The van der Waals surface area contributed by atoms with Crippen molar-refractivity contribution in [1.82, 2.24) is 10.6 Å². The molecule has 21 heavy (non-hydrogen) atoms. The molecule has 1 amide bonds. The largest absolute Gasteiger partial charge is 0.453 e. The van der Waals surface area contributed by atoms with Crippen LogP contribution in [0.4, 0.5) is 10.5 Å². The van der Waals surface area contributed by atoms with Gasteiger partial charge in [-0.2, -0.15) is 0 Å². The van der Waals surface area contributed by atoms with Gasteiger partial charge in [-0.15, -0.1) is 0 Å². The zero-order chi connectivity index (χ0) is 15.2. The molecule has 0 aromatic heterocycles. The average molecular weight is 291 g/mol. The molecule has 0 saturated carbocycles. The first-order valence-corrected chi connectivity index (χ1v) is 7.51. The molecule has 1 unspecified atom stereocenters. The molecule has 0 aliphatic carbocycles. The van der Waals surface area contributed by atoms with Crippen molar-refractivity contribution in [3.63, 3.8) is 0 Å². The third-order valence-electron chi connectivity index (χ3n) is 3.73. The smallest absolute Gasteiger partial charge is 0.407 e. The summed E-state index contributed by atoms with van der Waals surface area (Å²) in [6, 6.07) is 9.06. The normalized spacial score (nSPS) is 18.1. The first-order valence-electron chi connectivity index (χ1n) is 7.51. The number of methoxy groups -OCH3 is 1. The maximum Gasteiger partial charge on any atom is 0.407 e. The van der Waals surface area contributed by atoms with Crippen molar-refractivity contribution < 1.29 is 9.53 Å². The second-order valence-corrected chi connectivity index (χ2v) is 5.73. The van der Waals surface area contributed by atoms with Gasteiger partial charge in [0.2, 0.25) is 0 Å². The Morgan fingerprint density at radius 2 is 2.19 bits per heavy atom. The molecule has 1 fully saturated rings. The molecule has 1 heterocycles. The van der Waals surface area contributed by atoms with E-state index < -0.39 is 0 Å². The summed E-state index contributed by atoms with van der Waals surface area (Å²) in [5, 5.41) is 6.34. The lowest BCUT2D eigenvalue weighted by Crippen LogP contribution is -2.37. The van der Waals surface area contributed by atoms with Gasteiger partial charge in [0, 0.05) is 31.4 Å². The van der Waals surface area contributed by atoms with Gasteiger partial charge in [0.1, 0.15) is 0 Å². The van der Waals surface area contributed by atoms with Crippen molar-refractivity contribution >= 4 is 11.8 Å². The Hall–Kier alpha value is -1.75. The van der Waals surface area contributed by atoms with Crippen molar-refractivity contribution in [1.29, 1.82) is 0 Å². The number of hydrogen-bond acceptors (Lipinski definition) is 4. The molecule has 1 saturated heterocycles. The zero-order valence-electron chi connectivity index (χ0n) is 13.1. The van der Waals surface area contributed by atoms with E-state index in [9.17, 15) is 4.79 Å². The molecule has 1 atom stereocenters. The van der Waals surface area contributed by atoms with Crippen LogP contribution in [-0.4, -0.2) is 38.4 Å². The number of benzene rings is 1. The summed E-state index contributed by atoms with van der Waals surface area (Å²) in [7, 11) is 1.40. The van der Waals surface area contributed by atoms with Gasteiger partial charge < -0.3 is 20.3 Å². The highest BCUT2D eigenvalue weighted by Crippen LogP contribution is 2.24. The quantitative estimate of drug-likeness (QED) is 0.872. The topological polar surface area (TPSA) is 53.6 Å². The Kier molecular flexibility index (Phi) is 5.44. The van der Waals surface area contributed by atoms with Crippen LogP contribution < -0.4 is 15.5 Å². The van der Waals surface area contributed by atoms with Crippen LogP contribution in [0, 0.1) is 0 Å². The first kappa shape index (κ1) is 15.6. The Morgan fingerprint density at radius 1 is 1.43 bits per heavy atom. The van der Waals surface area contributed by atoms with Crippen LogP contribution in [0.5, 0.6) is 0 Å². The SMILES string of the molecule is COC(=O)NC1CCN(c2ccccc2CNC(C)C)C1. The minimum Gasteiger partial charge on any atom is -0.453 e. The summed E-state index contributed by atoms with van der Waals surface area (Å²) in [5.41, 5.74) is 2.55. The second kappa shape index (κ2) is 7.31. The first-order chi connectivity index (χ1) is 10.1. The van der Waals surface area contributed by atoms with E-state index in [1.165, 1.54) is 18.4 Å². The molecular weight excluding hydrogens is 266 g/mol. The van der Waals surface area contributed by atoms with E-state index in [2.05, 4.69) is 58.4 Å². The fourth-order valence-electron chi connectivity index (χ4n) is 2.61. The lowest BCUT2D eigenvalue weighted by Gasteiger charge is -2.23. The third kappa shape index (κ3) is 4.36. The molecular formula is C16H25N3O2. The number of hydrogen-bond donors (Lipinski definition) is 2. The molecule has 5 nitrogen and oxygen atoms in total. The highest BCUT2D eigenvalue weighted by molar-refractivity contribution is 5.67. The predicted molar refractivity (Wildman–Crippen MR) is 84.6 cm³/mol. The summed E-state index contributed by atoms with van der Waals surface area (Å²) < 4.78 is 4.66. The maximum absolute atomic E-state index is 11.3. The van der Waals surface area contributed by atoms with Crippen LogP contribution in [0.25, 0.3) is 0 Å². The number of amides is 1. The lowest BCUT2D eigenvalue weighted by molar-refractivity contribution is 0.167. The highest BCUT2D eigenvalue weighted by atomic mass is 16.5. The maximum atomic E-state index is 11.3. The van der Waals surface area contributed by atoms with Gasteiger partial charge in [-0.1, -0.05) is 32.0 Å². The van der Waals surface area contributed by atoms with Crippen molar-refractivity contribution in [3.8, 4) is 0 Å². The standard InChI is InChI=1S/C16H25N3O2/c1-12(2)17-10-13-6-4-5-7-15(13)19-9-8-14(11-19)18-16(20)21-3/h4-7,12,14,17H,8-11H2,1-3H3,(H,18,20). The van der Waals surface area contributed by atoms with Gasteiger partial charge in [-0.05, 0) is 18.1 Å². The Bertz CT molecular complexity index is 476. The second-order valence-electron chi connectivity index (χ2n) is 5.73. The summed E-state index contributed by atoms with van der Waals surface area (Å²) in [5.74, 6) is 0. The third-order valence-corrected chi connectivity index (χ3v) is 3.73. The van der Waals surface area contributed by atoms with Gasteiger partial charge >= 0.3 is 6.09 Å². The fraction of sp³-hybridized carbons (Fsp3) is 0.562. The molecule has 0 radical (unpaired) electrons. The van der Waals surface area contributed by atoms with Crippen molar-refractivity contribution in [3.05, 3.63) is 29.8 Å². The van der Waals surface area contributed by atoms with E-state index >= 15 is 0 Å². The number of nitrogens with zero attached hydrogens (tertiary/aromatic N) is 1. The van der Waals surface area contributed by atoms with E-state index in [0.29, 0.717) is 6.04 Å². The van der Waals surface area contributed by atoms with Gasteiger partial charge in [-0.3, -0.25) is 0 Å². The van der Waals surface area contributed by atoms with Crippen LogP contribution in [0.15, 0.2) is 24.3 Å². The van der Waals surface area contributed by atoms with Gasteiger partial charge in [-0.25, -0.2) is 4.79 Å². The Morgan fingerprint density at radius 3 is 2.90 bits per heavy atom. The zero-order valence-corrected chi connectivity index (χ0v) is 13.1. The lowest BCUT2D eigenvalue weighted by atomic mass is 10.1. The number of ether oxygens (including phenoxy) is 1. The number of rotatable bonds is 5. The van der Waals surface area contributed by atoms with Gasteiger partial charge in [0.25, 0.3) is 0 Å². The van der Waals surface area contributed by atoms with Crippen LogP contribution in [0.1, 0.15) is 25.8 Å². The predicted octanol–water partition coefficient (Wildman–Crippen LogP) is 2.12. The summed E-state index contributed by atoms with van der Waals surface area (Å²) in [6.07, 6.45) is 0.595. The Balaban J connectivity index is 2.00. The van der Waals surface area contributed by atoms with Crippen LogP contribution in [0.2, 0.25) is 0 Å². The number of carbonyl (C=O) groups excluding carboxylic acids is 1. The molecule has 116 valence electrons. The van der Waals surface area contributed by atoms with Crippen LogP contribution in [0.3, 0.4) is 0 Å². The van der Waals surface area contributed by atoms with E-state index in [1.54, 1.807) is 0 Å². The summed E-state index contributed by atoms with van der Waals surface area (Å²) in [4.78, 5) is 13.6. The summed E-state index contributed by atoms with van der Waals surface area (Å²) in [6.45, 7) is 6.93. The molecule has 0 bridgehead atoms. The van der Waals surface area contributed by atoms with Crippen LogP contribution in [-0.2, 0) is 11.3 Å². The fourth-order valence-corrected chi connectivity index (χ4v) is 2.61. The van der Waals surface area contributed by atoms with Crippen molar-refractivity contribution in [2.45, 2.75) is 38.9 Å². The molecule has 1 aromatic carbocycles. The molecule has 1 aliphatic rings. The van der Waals surface area contributed by atoms with E-state index in [4.69, 9.17) is 0 Å². The average Bonchev–Trinajstić information content (AvgIpc) is 2.93. The molecule has 5 heteroatoms. The number of para-hydroxylation sites is 1. The number of alkyl carbamates (subject to hydrolysis) is 1. The molecule has 1 aliphatic heterocycles.